The van der Waals surface area contributed by atoms with Crippen molar-refractivity contribution in [1.82, 2.24) is 29.9 Å². The van der Waals surface area contributed by atoms with E-state index in [9.17, 15) is 0 Å². The van der Waals surface area contributed by atoms with Crippen LogP contribution in [0.25, 0.3) is 95.6 Å². The highest BCUT2D eigenvalue weighted by atomic mass is 15.0. The third-order valence-electron chi connectivity index (χ3n) is 10.3. The first-order valence-electron chi connectivity index (χ1n) is 20.0. The van der Waals surface area contributed by atoms with E-state index in [0.717, 1.165) is 83.7 Å². The maximum Gasteiger partial charge on any atom is 0.164 e. The summed E-state index contributed by atoms with van der Waals surface area (Å²) >= 11 is 0. The molecule has 4 aromatic heterocycles. The normalized spacial score (nSPS) is 11.5. The number of nitrogens with zero attached hydrogens (tertiary/aromatic N) is 7. The minimum atomic E-state index is 0.589. The molecule has 0 saturated carbocycles. The van der Waals surface area contributed by atoms with Crippen molar-refractivity contribution in [3.63, 3.8) is 0 Å². The summed E-state index contributed by atoms with van der Waals surface area (Å²) in [5, 5.41) is 0. The lowest BCUT2D eigenvalue weighted by atomic mass is 9.99. The summed E-state index contributed by atoms with van der Waals surface area (Å²) in [5.74, 6) is 1.78. The van der Waals surface area contributed by atoms with Gasteiger partial charge in [0.1, 0.15) is 0 Å². The van der Waals surface area contributed by atoms with Crippen LogP contribution in [-0.4, -0.2) is 36.6 Å². The average Bonchev–Trinajstić information content (AvgIpc) is 3.34. The molecule has 9 aromatic rings. The lowest BCUT2D eigenvalue weighted by molar-refractivity contribution is 1.07. The van der Waals surface area contributed by atoms with Crippen molar-refractivity contribution in [3.05, 3.63) is 212 Å². The van der Waals surface area contributed by atoms with Crippen molar-refractivity contribution in [2.24, 2.45) is 4.99 Å². The van der Waals surface area contributed by atoms with E-state index in [0.29, 0.717) is 17.5 Å². The molecule has 0 atom stereocenters. The Kier molecular flexibility index (Phi) is 11.1. The van der Waals surface area contributed by atoms with Gasteiger partial charge in [-0.15, -0.1) is 0 Å². The van der Waals surface area contributed by atoms with Crippen LogP contribution in [-0.2, 0) is 0 Å². The molecule has 0 spiro atoms. The molecule has 0 amide bonds. The van der Waals surface area contributed by atoms with Crippen molar-refractivity contribution in [2.75, 3.05) is 0 Å². The standard InChI is InChI=1S/C54H39N7/c1-3-12-46(33-55-2)48-24-26-50(57-35-48)42-19-7-15-38(29-42)40-17-9-21-44(31-40)53-59-52(37-13-5-4-6-14-37)60-54(61-53)45-22-10-18-41(32-45)39-16-8-20-43(30-39)51-27-25-49(36-58-51)47-23-11-28-56-34-47/h3-36H,2H2,1H3/b12-3-,46-33+. The van der Waals surface area contributed by atoms with Gasteiger partial charge < -0.3 is 0 Å². The molecule has 0 unspecified atom stereocenters. The maximum atomic E-state index is 5.11. The summed E-state index contributed by atoms with van der Waals surface area (Å²) in [5.41, 5.74) is 14.7. The molecule has 0 aliphatic rings. The Balaban J connectivity index is 1.04. The van der Waals surface area contributed by atoms with Gasteiger partial charge in [0.2, 0.25) is 0 Å². The molecule has 7 nitrogen and oxygen atoms in total. The second-order valence-electron chi connectivity index (χ2n) is 14.4. The lowest BCUT2D eigenvalue weighted by Crippen LogP contribution is -2.00. The maximum absolute atomic E-state index is 5.11. The zero-order valence-corrected chi connectivity index (χ0v) is 33.5. The molecule has 0 bridgehead atoms. The van der Waals surface area contributed by atoms with Gasteiger partial charge in [-0.3, -0.25) is 19.9 Å². The van der Waals surface area contributed by atoms with Gasteiger partial charge in [0.25, 0.3) is 0 Å². The molecular formula is C54H39N7. The summed E-state index contributed by atoms with van der Waals surface area (Å²) < 4.78 is 0. The third kappa shape index (κ3) is 8.63. The quantitative estimate of drug-likeness (QED) is 0.0958. The van der Waals surface area contributed by atoms with Gasteiger partial charge in [-0.2, -0.15) is 0 Å². The molecule has 61 heavy (non-hydrogen) atoms. The Labute approximate surface area is 355 Å². The molecule has 0 saturated heterocycles. The molecule has 0 aliphatic heterocycles. The summed E-state index contributed by atoms with van der Waals surface area (Å²) in [6.45, 7) is 5.59. The monoisotopic (exact) mass is 785 g/mol. The summed E-state index contributed by atoms with van der Waals surface area (Å²) in [7, 11) is 0. The molecule has 4 heterocycles. The Morgan fingerprint density at radius 1 is 0.443 bits per heavy atom. The average molecular weight is 786 g/mol. The van der Waals surface area contributed by atoms with Crippen LogP contribution in [0.1, 0.15) is 12.5 Å². The fourth-order valence-electron chi connectivity index (χ4n) is 7.24. The van der Waals surface area contributed by atoms with E-state index in [1.54, 1.807) is 12.4 Å². The van der Waals surface area contributed by atoms with Gasteiger partial charge in [0.05, 0.1) is 11.4 Å². The third-order valence-corrected chi connectivity index (χ3v) is 10.3. The fourth-order valence-corrected chi connectivity index (χ4v) is 7.24. The van der Waals surface area contributed by atoms with Crippen LogP contribution in [0.2, 0.25) is 0 Å². The van der Waals surface area contributed by atoms with E-state index >= 15 is 0 Å². The number of aromatic nitrogens is 6. The molecular weight excluding hydrogens is 747 g/mol. The van der Waals surface area contributed by atoms with Gasteiger partial charge in [0.15, 0.2) is 17.5 Å². The van der Waals surface area contributed by atoms with Gasteiger partial charge in [-0.05, 0) is 78.4 Å². The van der Waals surface area contributed by atoms with Crippen LogP contribution in [0.3, 0.4) is 0 Å². The SMILES string of the molecule is C=N/C=C(\C=C/C)c1ccc(-c2cccc(-c3cccc(-c4nc(-c5ccccc5)nc(-c5cccc(-c6cccc(-c7ccc(-c8cccnc8)cn7)c6)c5)n4)c3)c2)nc1. The molecule has 0 fully saturated rings. The number of hydrogen-bond acceptors (Lipinski definition) is 7. The van der Waals surface area contributed by atoms with Crippen LogP contribution in [0, 0.1) is 0 Å². The number of hydrogen-bond donors (Lipinski definition) is 0. The fraction of sp³-hybridized carbons (Fsp3) is 0.0185. The van der Waals surface area contributed by atoms with Crippen molar-refractivity contribution in [2.45, 2.75) is 6.92 Å². The minimum absolute atomic E-state index is 0.589. The highest BCUT2D eigenvalue weighted by Gasteiger charge is 2.15. The second kappa shape index (κ2) is 17.7. The Hall–Kier alpha value is -8.29. The summed E-state index contributed by atoms with van der Waals surface area (Å²) in [6.07, 6.45) is 13.1. The first kappa shape index (κ1) is 38.2. The van der Waals surface area contributed by atoms with E-state index in [2.05, 4.69) is 126 Å². The van der Waals surface area contributed by atoms with Gasteiger partial charge in [-0.25, -0.2) is 15.0 Å². The van der Waals surface area contributed by atoms with Crippen LogP contribution in [0.15, 0.2) is 212 Å². The predicted molar refractivity (Wildman–Crippen MR) is 249 cm³/mol. The first-order valence-corrected chi connectivity index (χ1v) is 20.0. The Morgan fingerprint density at radius 2 is 0.918 bits per heavy atom. The van der Waals surface area contributed by atoms with Crippen LogP contribution in [0.5, 0.6) is 0 Å². The van der Waals surface area contributed by atoms with E-state index in [1.807, 2.05) is 92.3 Å². The molecule has 9 rings (SSSR count). The minimum Gasteiger partial charge on any atom is -0.272 e. The molecule has 5 aromatic carbocycles. The number of allylic oxidation sites excluding steroid dienone is 3. The van der Waals surface area contributed by atoms with Crippen molar-refractivity contribution in [1.29, 1.82) is 0 Å². The number of pyridine rings is 3. The lowest BCUT2D eigenvalue weighted by Gasteiger charge is -2.11. The molecule has 0 N–H and O–H groups in total. The zero-order valence-electron chi connectivity index (χ0n) is 33.5. The van der Waals surface area contributed by atoms with E-state index in [-0.39, 0.29) is 0 Å². The van der Waals surface area contributed by atoms with Crippen molar-refractivity contribution >= 4 is 12.3 Å². The van der Waals surface area contributed by atoms with Crippen molar-refractivity contribution < 1.29 is 0 Å². The van der Waals surface area contributed by atoms with Gasteiger partial charge >= 0.3 is 0 Å². The van der Waals surface area contributed by atoms with Crippen molar-refractivity contribution in [3.8, 4) is 90.1 Å². The number of aliphatic imine (C=N–C) groups is 1. The van der Waals surface area contributed by atoms with E-state index in [4.69, 9.17) is 24.9 Å². The van der Waals surface area contributed by atoms with E-state index in [1.165, 1.54) is 0 Å². The topological polar surface area (TPSA) is 89.7 Å². The molecule has 7 heteroatoms. The second-order valence-corrected chi connectivity index (χ2v) is 14.4. The summed E-state index contributed by atoms with van der Waals surface area (Å²) in [4.78, 5) is 33.0. The molecule has 0 aliphatic carbocycles. The van der Waals surface area contributed by atoms with Crippen LogP contribution in [0.4, 0.5) is 0 Å². The smallest absolute Gasteiger partial charge is 0.164 e. The zero-order chi connectivity index (χ0) is 41.4. The molecule has 0 radical (unpaired) electrons. The summed E-state index contributed by atoms with van der Waals surface area (Å²) in [6, 6.07) is 55.8. The molecule has 290 valence electrons. The van der Waals surface area contributed by atoms with E-state index < -0.39 is 0 Å². The van der Waals surface area contributed by atoms with Gasteiger partial charge in [-0.1, -0.05) is 133 Å². The van der Waals surface area contributed by atoms with Crippen LogP contribution >= 0.6 is 0 Å². The van der Waals surface area contributed by atoms with Crippen LogP contribution < -0.4 is 0 Å². The van der Waals surface area contributed by atoms with Gasteiger partial charge in [0, 0.05) is 81.1 Å². The largest absolute Gasteiger partial charge is 0.272 e. The highest BCUT2D eigenvalue weighted by molar-refractivity contribution is 5.79. The predicted octanol–water partition coefficient (Wildman–Crippen LogP) is 13.0. The Morgan fingerprint density at radius 3 is 1.41 bits per heavy atom. The highest BCUT2D eigenvalue weighted by Crippen LogP contribution is 2.33. The Bertz CT molecular complexity index is 3030. The number of benzene rings is 5. The number of rotatable bonds is 11. The first-order chi connectivity index (χ1) is 30.1.